The molecule has 2 bridgehead atoms. The summed E-state index contributed by atoms with van der Waals surface area (Å²) in [4.78, 5) is 19.7. The van der Waals surface area contributed by atoms with Crippen molar-refractivity contribution in [1.29, 1.82) is 0 Å². The Labute approximate surface area is 99.5 Å². The molecule has 3 nitrogen and oxygen atoms in total. The molecule has 2 fully saturated rings. The van der Waals surface area contributed by atoms with Gasteiger partial charge < -0.3 is 0 Å². The number of hydrogen-bond donors (Lipinski definition) is 0. The lowest BCUT2D eigenvalue weighted by molar-refractivity contribution is -0.123. The highest BCUT2D eigenvalue weighted by Gasteiger charge is 2.40. The standard InChI is InChI=1S/C12H16N2OS/c1-8-6-13-12(16-8)7-14-9-2-3-10(14)5-11(15)4-9/h6,9-10H,2-5,7H2,1H3. The number of thiazole rings is 1. The Kier molecular flexibility index (Phi) is 2.56. The molecule has 0 radical (unpaired) electrons. The van der Waals surface area contributed by atoms with E-state index in [1.54, 1.807) is 11.3 Å². The molecule has 4 heteroatoms. The summed E-state index contributed by atoms with van der Waals surface area (Å²) in [6, 6.07) is 0.992. The average Bonchev–Trinajstić information content (AvgIpc) is 2.72. The van der Waals surface area contributed by atoms with Gasteiger partial charge in [-0.25, -0.2) is 4.98 Å². The Morgan fingerprint density at radius 2 is 2.12 bits per heavy atom. The zero-order valence-electron chi connectivity index (χ0n) is 9.48. The Bertz CT molecular complexity index is 399. The first-order valence-corrected chi connectivity index (χ1v) is 6.73. The van der Waals surface area contributed by atoms with Crippen LogP contribution >= 0.6 is 11.3 Å². The number of ketones is 1. The summed E-state index contributed by atoms with van der Waals surface area (Å²) in [5, 5.41) is 1.20. The lowest BCUT2D eigenvalue weighted by Gasteiger charge is -2.33. The van der Waals surface area contributed by atoms with Crippen molar-refractivity contribution in [2.45, 2.75) is 51.2 Å². The lowest BCUT2D eigenvalue weighted by Crippen LogP contribution is -2.42. The summed E-state index contributed by atoms with van der Waals surface area (Å²) >= 11 is 1.78. The van der Waals surface area contributed by atoms with E-state index in [1.165, 1.54) is 22.7 Å². The van der Waals surface area contributed by atoms with Crippen molar-refractivity contribution in [2.24, 2.45) is 0 Å². The van der Waals surface area contributed by atoms with Gasteiger partial charge in [-0.1, -0.05) is 0 Å². The second-order valence-corrected chi connectivity index (χ2v) is 6.19. The van der Waals surface area contributed by atoms with Crippen molar-refractivity contribution in [3.8, 4) is 0 Å². The van der Waals surface area contributed by atoms with Gasteiger partial charge in [0.15, 0.2) is 0 Å². The van der Waals surface area contributed by atoms with E-state index in [0.29, 0.717) is 17.9 Å². The highest BCUT2D eigenvalue weighted by Crippen LogP contribution is 2.35. The van der Waals surface area contributed by atoms with Gasteiger partial charge in [0.2, 0.25) is 0 Å². The van der Waals surface area contributed by atoms with Crippen LogP contribution in [0.3, 0.4) is 0 Å². The van der Waals surface area contributed by atoms with Crippen LogP contribution in [0.15, 0.2) is 6.20 Å². The van der Waals surface area contributed by atoms with Crippen LogP contribution in [0.25, 0.3) is 0 Å². The molecule has 0 amide bonds. The van der Waals surface area contributed by atoms with E-state index in [0.717, 1.165) is 19.4 Å². The number of fused-ring (bicyclic) bond motifs is 2. The molecular formula is C12H16N2OS. The van der Waals surface area contributed by atoms with Gasteiger partial charge in [-0.3, -0.25) is 9.69 Å². The average molecular weight is 236 g/mol. The summed E-state index contributed by atoms with van der Waals surface area (Å²) in [7, 11) is 0. The van der Waals surface area contributed by atoms with Crippen LogP contribution in [0.4, 0.5) is 0 Å². The van der Waals surface area contributed by atoms with Crippen LogP contribution < -0.4 is 0 Å². The molecule has 2 atom stereocenters. The van der Waals surface area contributed by atoms with Crippen molar-refractivity contribution >= 4 is 17.1 Å². The van der Waals surface area contributed by atoms with E-state index < -0.39 is 0 Å². The van der Waals surface area contributed by atoms with Crippen molar-refractivity contribution < 1.29 is 4.79 Å². The minimum absolute atomic E-state index is 0.457. The number of nitrogens with zero attached hydrogens (tertiary/aromatic N) is 2. The van der Waals surface area contributed by atoms with Crippen molar-refractivity contribution in [3.05, 3.63) is 16.1 Å². The van der Waals surface area contributed by atoms with Gasteiger partial charge in [0, 0.05) is 36.0 Å². The molecule has 3 rings (SSSR count). The van der Waals surface area contributed by atoms with Gasteiger partial charge in [-0.15, -0.1) is 11.3 Å². The van der Waals surface area contributed by atoms with Gasteiger partial charge in [-0.05, 0) is 19.8 Å². The van der Waals surface area contributed by atoms with Crippen LogP contribution in [0.1, 0.15) is 35.6 Å². The molecule has 3 heterocycles. The van der Waals surface area contributed by atoms with Crippen LogP contribution in [0.5, 0.6) is 0 Å². The third-order valence-corrected chi connectivity index (χ3v) is 4.58. The first-order valence-electron chi connectivity index (χ1n) is 5.91. The van der Waals surface area contributed by atoms with Crippen molar-refractivity contribution in [3.63, 3.8) is 0 Å². The molecule has 16 heavy (non-hydrogen) atoms. The quantitative estimate of drug-likeness (QED) is 0.789. The molecule has 1 aromatic heterocycles. The summed E-state index contributed by atoms with van der Waals surface area (Å²) in [6.07, 6.45) is 5.86. The largest absolute Gasteiger partial charge is 0.300 e. The summed E-state index contributed by atoms with van der Waals surface area (Å²) < 4.78 is 0. The van der Waals surface area contributed by atoms with E-state index in [-0.39, 0.29) is 0 Å². The molecule has 2 aliphatic heterocycles. The van der Waals surface area contributed by atoms with Crippen molar-refractivity contribution in [1.82, 2.24) is 9.88 Å². The number of rotatable bonds is 2. The van der Waals surface area contributed by atoms with E-state index >= 15 is 0 Å². The normalized spacial score (nSPS) is 29.9. The molecule has 86 valence electrons. The lowest BCUT2D eigenvalue weighted by atomic mass is 10.0. The van der Waals surface area contributed by atoms with Crippen LogP contribution in [-0.2, 0) is 11.3 Å². The maximum atomic E-state index is 11.5. The third kappa shape index (κ3) is 1.80. The van der Waals surface area contributed by atoms with Gasteiger partial charge in [0.25, 0.3) is 0 Å². The molecule has 0 aromatic carbocycles. The number of carbonyl (C=O) groups is 1. The maximum Gasteiger partial charge on any atom is 0.136 e. The Hall–Kier alpha value is -0.740. The van der Waals surface area contributed by atoms with Crippen LogP contribution in [-0.4, -0.2) is 27.8 Å². The van der Waals surface area contributed by atoms with Crippen LogP contribution in [0.2, 0.25) is 0 Å². The number of aryl methyl sites for hydroxylation is 1. The fourth-order valence-electron chi connectivity index (χ4n) is 2.95. The maximum absolute atomic E-state index is 11.5. The zero-order valence-corrected chi connectivity index (χ0v) is 10.3. The van der Waals surface area contributed by atoms with E-state index in [9.17, 15) is 4.79 Å². The summed E-state index contributed by atoms with van der Waals surface area (Å²) in [5.41, 5.74) is 0. The van der Waals surface area contributed by atoms with E-state index in [4.69, 9.17) is 0 Å². The fraction of sp³-hybridized carbons (Fsp3) is 0.667. The number of hydrogen-bond acceptors (Lipinski definition) is 4. The van der Waals surface area contributed by atoms with Gasteiger partial charge >= 0.3 is 0 Å². The Balaban J connectivity index is 1.74. The summed E-state index contributed by atoms with van der Waals surface area (Å²) in [5.74, 6) is 0.457. The monoisotopic (exact) mass is 236 g/mol. The molecule has 2 saturated heterocycles. The predicted molar refractivity (Wildman–Crippen MR) is 63.4 cm³/mol. The number of piperidine rings is 1. The van der Waals surface area contributed by atoms with Crippen LogP contribution in [0, 0.1) is 6.92 Å². The van der Waals surface area contributed by atoms with Gasteiger partial charge in [0.05, 0.1) is 6.54 Å². The number of Topliss-reactive ketones (excluding diaryl/α,β-unsaturated/α-hetero) is 1. The highest BCUT2D eigenvalue weighted by molar-refractivity contribution is 7.11. The van der Waals surface area contributed by atoms with Gasteiger partial charge in [0.1, 0.15) is 10.8 Å². The second kappa shape index (κ2) is 3.93. The van der Waals surface area contributed by atoms with Gasteiger partial charge in [-0.2, -0.15) is 0 Å². The fourth-order valence-corrected chi connectivity index (χ4v) is 3.75. The number of aromatic nitrogens is 1. The minimum Gasteiger partial charge on any atom is -0.300 e. The van der Waals surface area contributed by atoms with E-state index in [1.807, 2.05) is 6.20 Å². The van der Waals surface area contributed by atoms with E-state index in [2.05, 4.69) is 16.8 Å². The topological polar surface area (TPSA) is 33.2 Å². The van der Waals surface area contributed by atoms with Crippen molar-refractivity contribution in [2.75, 3.05) is 0 Å². The second-order valence-electron chi connectivity index (χ2n) is 4.87. The highest BCUT2D eigenvalue weighted by atomic mass is 32.1. The molecule has 2 aliphatic rings. The molecule has 2 unspecified atom stereocenters. The minimum atomic E-state index is 0.457. The Morgan fingerprint density at radius 1 is 1.44 bits per heavy atom. The third-order valence-electron chi connectivity index (χ3n) is 3.68. The molecule has 0 aliphatic carbocycles. The molecule has 1 aromatic rings. The predicted octanol–water partition coefficient (Wildman–Crippen LogP) is 2.15. The Morgan fingerprint density at radius 3 is 2.69 bits per heavy atom. The molecule has 0 spiro atoms. The molecule has 0 saturated carbocycles. The molecule has 0 N–H and O–H groups in total. The zero-order chi connectivity index (χ0) is 11.1. The molecular weight excluding hydrogens is 220 g/mol. The smallest absolute Gasteiger partial charge is 0.136 e. The SMILES string of the molecule is Cc1cnc(CN2C3CCC2CC(=O)C3)s1. The summed E-state index contributed by atoms with van der Waals surface area (Å²) in [6.45, 7) is 3.04. The number of carbonyl (C=O) groups excluding carboxylic acids is 1. The first-order chi connectivity index (χ1) is 7.72. The first kappa shape index (κ1) is 10.4.